The molecule has 1 N–H and O–H groups in total. The lowest BCUT2D eigenvalue weighted by atomic mass is 10.0. The molecule has 0 bridgehead atoms. The molecule has 170 valence electrons. The zero-order valence-electron chi connectivity index (χ0n) is 18.6. The van der Waals surface area contributed by atoms with Crippen LogP contribution >= 0.6 is 11.6 Å². The van der Waals surface area contributed by atoms with Crippen LogP contribution in [0.2, 0.25) is 5.02 Å². The number of hydrogen-bond donors (Lipinski definition) is 1. The highest BCUT2D eigenvalue weighted by Gasteiger charge is 2.31. The predicted molar refractivity (Wildman–Crippen MR) is 130 cm³/mol. The molecule has 2 fully saturated rings. The first kappa shape index (κ1) is 21.9. The maximum absolute atomic E-state index is 13.6. The fourth-order valence-corrected chi connectivity index (χ4v) is 4.44. The molecule has 33 heavy (non-hydrogen) atoms. The Bertz CT molecular complexity index is 1180. The molecule has 2 aromatic carbocycles. The summed E-state index contributed by atoms with van der Waals surface area (Å²) >= 11 is 6.05. The number of hydrogen-bond acceptors (Lipinski definition) is 4. The molecule has 1 aliphatic carbocycles. The van der Waals surface area contributed by atoms with Gasteiger partial charge in [-0.05, 0) is 44.0 Å². The molecule has 1 saturated carbocycles. The van der Waals surface area contributed by atoms with Crippen molar-refractivity contribution in [1.29, 1.82) is 0 Å². The molecule has 0 spiro atoms. The number of carbonyl (C=O) groups is 2. The van der Waals surface area contributed by atoms with Crippen molar-refractivity contribution in [1.82, 2.24) is 20.1 Å². The van der Waals surface area contributed by atoms with Crippen molar-refractivity contribution in [3.8, 4) is 11.3 Å². The summed E-state index contributed by atoms with van der Waals surface area (Å²) in [7, 11) is 0. The first-order valence-electron chi connectivity index (χ1n) is 11.5. The molecule has 5 rings (SSSR count). The normalized spacial score (nSPS) is 17.7. The molecular weight excluding hydrogens is 436 g/mol. The van der Waals surface area contributed by atoms with Gasteiger partial charge in [-0.2, -0.15) is 0 Å². The largest absolute Gasteiger partial charge is 0.352 e. The van der Waals surface area contributed by atoms with Crippen molar-refractivity contribution in [2.24, 2.45) is 0 Å². The second-order valence-corrected chi connectivity index (χ2v) is 9.30. The van der Waals surface area contributed by atoms with Gasteiger partial charge in [-0.15, -0.1) is 0 Å². The van der Waals surface area contributed by atoms with Crippen molar-refractivity contribution in [3.05, 3.63) is 65.2 Å². The van der Waals surface area contributed by atoms with E-state index >= 15 is 0 Å². The van der Waals surface area contributed by atoms with E-state index in [0.29, 0.717) is 42.8 Å². The van der Waals surface area contributed by atoms with Crippen LogP contribution in [0, 0.1) is 0 Å². The van der Waals surface area contributed by atoms with Crippen molar-refractivity contribution in [2.75, 3.05) is 26.2 Å². The highest BCUT2D eigenvalue weighted by molar-refractivity contribution is 6.30. The van der Waals surface area contributed by atoms with Crippen LogP contribution in [-0.2, 0) is 4.79 Å². The second kappa shape index (κ2) is 9.12. The van der Waals surface area contributed by atoms with Crippen molar-refractivity contribution < 1.29 is 9.59 Å². The standard InChI is InChI=1S/C26H27ClN4O2/c1-17(25(32)28-20-10-11-20)30-12-14-31(15-13-30)26(33)22-16-24(18-6-8-19(27)9-7-18)29-23-5-3-2-4-21(22)23/h2-9,16-17,20H,10-15H2,1H3,(H,28,32)/t17-/m0/s1. The minimum absolute atomic E-state index is 0.00134. The Morgan fingerprint density at radius 1 is 1.03 bits per heavy atom. The van der Waals surface area contributed by atoms with E-state index in [0.717, 1.165) is 35.0 Å². The third kappa shape index (κ3) is 4.72. The molecular formula is C26H27ClN4O2. The summed E-state index contributed by atoms with van der Waals surface area (Å²) in [6.45, 7) is 4.49. The number of benzene rings is 2. The third-order valence-corrected chi connectivity index (χ3v) is 6.79. The fraction of sp³-hybridized carbons (Fsp3) is 0.346. The average molecular weight is 463 g/mol. The van der Waals surface area contributed by atoms with Crippen molar-refractivity contribution >= 4 is 34.3 Å². The lowest BCUT2D eigenvalue weighted by Gasteiger charge is -2.37. The van der Waals surface area contributed by atoms with Gasteiger partial charge in [0.2, 0.25) is 5.91 Å². The predicted octanol–water partition coefficient (Wildman–Crippen LogP) is 3.98. The quantitative estimate of drug-likeness (QED) is 0.622. The molecule has 2 aliphatic rings. The van der Waals surface area contributed by atoms with Gasteiger partial charge < -0.3 is 10.2 Å². The molecule has 7 heteroatoms. The number of amides is 2. The highest BCUT2D eigenvalue weighted by Crippen LogP contribution is 2.27. The number of para-hydroxylation sites is 1. The van der Waals surface area contributed by atoms with Crippen LogP contribution < -0.4 is 5.32 Å². The Morgan fingerprint density at radius 2 is 1.73 bits per heavy atom. The Balaban J connectivity index is 1.36. The summed E-state index contributed by atoms with van der Waals surface area (Å²) in [4.78, 5) is 34.8. The van der Waals surface area contributed by atoms with E-state index in [9.17, 15) is 9.59 Å². The lowest BCUT2D eigenvalue weighted by molar-refractivity contribution is -0.126. The van der Waals surface area contributed by atoms with E-state index < -0.39 is 0 Å². The minimum atomic E-state index is -0.180. The van der Waals surface area contributed by atoms with Gasteiger partial charge in [-0.3, -0.25) is 14.5 Å². The van der Waals surface area contributed by atoms with Gasteiger partial charge in [-0.25, -0.2) is 4.98 Å². The SMILES string of the molecule is C[C@@H](C(=O)NC1CC1)N1CCN(C(=O)c2cc(-c3ccc(Cl)cc3)nc3ccccc23)CC1. The van der Waals surface area contributed by atoms with Crippen LogP contribution in [0.25, 0.3) is 22.2 Å². The topological polar surface area (TPSA) is 65.5 Å². The van der Waals surface area contributed by atoms with E-state index in [1.165, 1.54) is 0 Å². The number of aromatic nitrogens is 1. The Hall–Kier alpha value is -2.96. The average Bonchev–Trinajstić information content (AvgIpc) is 3.67. The highest BCUT2D eigenvalue weighted by atomic mass is 35.5. The molecule has 0 unspecified atom stereocenters. The molecule has 2 amide bonds. The first-order valence-corrected chi connectivity index (χ1v) is 11.9. The van der Waals surface area contributed by atoms with E-state index in [2.05, 4.69) is 10.2 Å². The Kier molecular flexibility index (Phi) is 6.04. The maximum atomic E-state index is 13.6. The molecule has 1 saturated heterocycles. The number of carbonyl (C=O) groups excluding carboxylic acids is 2. The Morgan fingerprint density at radius 3 is 2.42 bits per heavy atom. The zero-order chi connectivity index (χ0) is 22.9. The molecule has 1 aromatic heterocycles. The smallest absolute Gasteiger partial charge is 0.254 e. The number of rotatable bonds is 5. The van der Waals surface area contributed by atoms with Gasteiger partial charge in [0.25, 0.3) is 5.91 Å². The van der Waals surface area contributed by atoms with Gasteiger partial charge in [0.1, 0.15) is 0 Å². The number of halogens is 1. The number of piperazine rings is 1. The molecule has 1 atom stereocenters. The number of nitrogens with one attached hydrogen (secondary N) is 1. The maximum Gasteiger partial charge on any atom is 0.254 e. The van der Waals surface area contributed by atoms with Gasteiger partial charge >= 0.3 is 0 Å². The first-order chi connectivity index (χ1) is 16.0. The number of pyridine rings is 1. The lowest BCUT2D eigenvalue weighted by Crippen LogP contribution is -2.55. The summed E-state index contributed by atoms with van der Waals surface area (Å²) in [5, 5.41) is 4.59. The Labute approximate surface area is 198 Å². The summed E-state index contributed by atoms with van der Waals surface area (Å²) in [6, 6.07) is 17.3. The molecule has 3 aromatic rings. The zero-order valence-corrected chi connectivity index (χ0v) is 19.4. The molecule has 1 aliphatic heterocycles. The van der Waals surface area contributed by atoms with Gasteiger partial charge in [-0.1, -0.05) is 41.9 Å². The summed E-state index contributed by atoms with van der Waals surface area (Å²) in [6.07, 6.45) is 2.16. The number of fused-ring (bicyclic) bond motifs is 1. The van der Waals surface area contributed by atoms with E-state index in [1.807, 2.05) is 66.4 Å². The summed E-state index contributed by atoms with van der Waals surface area (Å²) in [5.41, 5.74) is 3.10. The minimum Gasteiger partial charge on any atom is -0.352 e. The van der Waals surface area contributed by atoms with Gasteiger partial charge in [0.05, 0.1) is 22.8 Å². The van der Waals surface area contributed by atoms with Crippen LogP contribution in [0.4, 0.5) is 0 Å². The van der Waals surface area contributed by atoms with Gasteiger partial charge in [0.15, 0.2) is 0 Å². The molecule has 0 radical (unpaired) electrons. The van der Waals surface area contributed by atoms with E-state index in [4.69, 9.17) is 16.6 Å². The number of nitrogens with zero attached hydrogens (tertiary/aromatic N) is 3. The molecule has 6 nitrogen and oxygen atoms in total. The van der Waals surface area contributed by atoms with Crippen LogP contribution in [0.5, 0.6) is 0 Å². The van der Waals surface area contributed by atoms with Crippen molar-refractivity contribution in [2.45, 2.75) is 31.8 Å². The second-order valence-electron chi connectivity index (χ2n) is 8.87. The fourth-order valence-electron chi connectivity index (χ4n) is 4.32. The molecule has 2 heterocycles. The summed E-state index contributed by atoms with van der Waals surface area (Å²) in [5.74, 6) is 0.0866. The van der Waals surface area contributed by atoms with E-state index in [-0.39, 0.29) is 17.9 Å². The van der Waals surface area contributed by atoms with Crippen molar-refractivity contribution in [3.63, 3.8) is 0 Å². The third-order valence-electron chi connectivity index (χ3n) is 6.54. The van der Waals surface area contributed by atoms with Crippen LogP contribution in [0.3, 0.4) is 0 Å². The van der Waals surface area contributed by atoms with Gasteiger partial charge in [0, 0.05) is 48.2 Å². The van der Waals surface area contributed by atoms with Crippen LogP contribution in [-0.4, -0.2) is 64.9 Å². The monoisotopic (exact) mass is 462 g/mol. The van der Waals surface area contributed by atoms with E-state index in [1.54, 1.807) is 0 Å². The van der Waals surface area contributed by atoms with Crippen LogP contribution in [0.1, 0.15) is 30.1 Å². The summed E-state index contributed by atoms with van der Waals surface area (Å²) < 4.78 is 0. The van der Waals surface area contributed by atoms with Crippen LogP contribution in [0.15, 0.2) is 54.6 Å².